The van der Waals surface area contributed by atoms with E-state index in [-0.39, 0.29) is 5.82 Å². The number of aromatic nitrogens is 3. The number of hydrogen-bond donors (Lipinski definition) is 1. The molecule has 9 heteroatoms. The average molecular weight is 448 g/mol. The van der Waals surface area contributed by atoms with E-state index in [4.69, 9.17) is 16.0 Å². The molecular formula is C20H15ClFN3O2S2. The van der Waals surface area contributed by atoms with Gasteiger partial charge in [-0.25, -0.2) is 19.3 Å². The first-order valence-electron chi connectivity index (χ1n) is 8.54. The lowest BCUT2D eigenvalue weighted by Gasteiger charge is -2.12. The van der Waals surface area contributed by atoms with Gasteiger partial charge in [0.1, 0.15) is 21.5 Å². The number of benzene rings is 1. The monoisotopic (exact) mass is 447 g/mol. The molecule has 0 saturated heterocycles. The Bertz CT molecular complexity index is 1140. The molecule has 4 aromatic rings. The summed E-state index contributed by atoms with van der Waals surface area (Å²) in [7, 11) is 0. The molecule has 3 aromatic heterocycles. The zero-order valence-corrected chi connectivity index (χ0v) is 17.8. The predicted octanol–water partition coefficient (Wildman–Crippen LogP) is 6.03. The van der Waals surface area contributed by atoms with Crippen LogP contribution < -0.4 is 0 Å². The molecule has 0 radical (unpaired) electrons. The molecule has 1 N–H and O–H groups in total. The molecule has 0 amide bonds. The second-order valence-electron chi connectivity index (χ2n) is 6.68. The summed E-state index contributed by atoms with van der Waals surface area (Å²) in [5, 5.41) is 14.3. The Kier molecular flexibility index (Phi) is 5.44. The highest BCUT2D eigenvalue weighted by Gasteiger charge is 2.24. The van der Waals surface area contributed by atoms with E-state index in [2.05, 4.69) is 15.0 Å². The van der Waals surface area contributed by atoms with Crippen LogP contribution in [0.15, 0.2) is 62.5 Å². The SMILES string of the molecule is CC(C)(O)c1csc(-c2nc(-c3ccc(F)cc3)oc2Sc2ccc(Cl)cn2)n1. The van der Waals surface area contributed by atoms with Crippen LogP contribution in [-0.4, -0.2) is 20.1 Å². The number of aliphatic hydroxyl groups is 1. The van der Waals surface area contributed by atoms with Crippen LogP contribution in [-0.2, 0) is 5.60 Å². The van der Waals surface area contributed by atoms with Crippen molar-refractivity contribution in [2.75, 3.05) is 0 Å². The van der Waals surface area contributed by atoms with E-state index in [0.29, 0.717) is 43.0 Å². The maximum atomic E-state index is 13.3. The average Bonchev–Trinajstić information content (AvgIpc) is 3.31. The van der Waals surface area contributed by atoms with Gasteiger partial charge in [-0.05, 0) is 62.0 Å². The normalized spacial score (nSPS) is 11.8. The Morgan fingerprint density at radius 1 is 1.14 bits per heavy atom. The van der Waals surface area contributed by atoms with E-state index in [1.165, 1.54) is 35.2 Å². The van der Waals surface area contributed by atoms with Crippen LogP contribution in [0.25, 0.3) is 22.2 Å². The third-order valence-corrected chi connectivity index (χ3v) is 5.90. The zero-order valence-electron chi connectivity index (χ0n) is 15.4. The number of halogens is 2. The van der Waals surface area contributed by atoms with Gasteiger partial charge in [0.05, 0.1) is 10.7 Å². The largest absolute Gasteiger partial charge is 0.429 e. The second-order valence-corrected chi connectivity index (χ2v) is 8.96. The molecule has 1 aromatic carbocycles. The summed E-state index contributed by atoms with van der Waals surface area (Å²) >= 11 is 8.56. The number of hydrogen-bond acceptors (Lipinski definition) is 7. The van der Waals surface area contributed by atoms with E-state index in [0.717, 1.165) is 0 Å². The highest BCUT2D eigenvalue weighted by atomic mass is 35.5. The van der Waals surface area contributed by atoms with Crippen molar-refractivity contribution in [3.63, 3.8) is 0 Å². The summed E-state index contributed by atoms with van der Waals surface area (Å²) in [4.78, 5) is 13.4. The summed E-state index contributed by atoms with van der Waals surface area (Å²) in [5.74, 6) is 0.00621. The van der Waals surface area contributed by atoms with Crippen LogP contribution in [0.2, 0.25) is 5.02 Å². The quantitative estimate of drug-likeness (QED) is 0.402. The van der Waals surface area contributed by atoms with Gasteiger partial charge in [0.15, 0.2) is 10.8 Å². The van der Waals surface area contributed by atoms with E-state index >= 15 is 0 Å². The fourth-order valence-electron chi connectivity index (χ4n) is 2.41. The molecular weight excluding hydrogens is 433 g/mol. The minimum Gasteiger partial charge on any atom is -0.429 e. The minimum absolute atomic E-state index is 0.338. The fourth-order valence-corrected chi connectivity index (χ4v) is 4.34. The summed E-state index contributed by atoms with van der Waals surface area (Å²) in [6.45, 7) is 3.34. The summed E-state index contributed by atoms with van der Waals surface area (Å²) in [6, 6.07) is 9.42. The molecule has 0 saturated carbocycles. The van der Waals surface area contributed by atoms with Gasteiger partial charge in [-0.3, -0.25) is 0 Å². The summed E-state index contributed by atoms with van der Waals surface area (Å²) in [5.41, 5.74) is 0.655. The lowest BCUT2D eigenvalue weighted by Crippen LogP contribution is -2.15. The maximum absolute atomic E-state index is 13.3. The van der Waals surface area contributed by atoms with Crippen molar-refractivity contribution in [2.45, 2.75) is 29.6 Å². The van der Waals surface area contributed by atoms with Gasteiger partial charge < -0.3 is 9.52 Å². The lowest BCUT2D eigenvalue weighted by molar-refractivity contribution is 0.0746. The lowest BCUT2D eigenvalue weighted by atomic mass is 10.1. The molecule has 0 aliphatic rings. The Balaban J connectivity index is 1.77. The second kappa shape index (κ2) is 7.87. The van der Waals surface area contributed by atoms with Crippen molar-refractivity contribution < 1.29 is 13.9 Å². The van der Waals surface area contributed by atoms with E-state index < -0.39 is 5.60 Å². The number of rotatable bonds is 5. The Labute approximate surface area is 179 Å². The summed E-state index contributed by atoms with van der Waals surface area (Å²) in [6.07, 6.45) is 1.55. The topological polar surface area (TPSA) is 72.0 Å². The first-order chi connectivity index (χ1) is 13.8. The Morgan fingerprint density at radius 2 is 1.90 bits per heavy atom. The molecule has 0 aliphatic heterocycles. The van der Waals surface area contributed by atoms with Crippen molar-refractivity contribution >= 4 is 34.7 Å². The van der Waals surface area contributed by atoms with E-state index in [1.54, 1.807) is 49.7 Å². The molecule has 5 nitrogen and oxygen atoms in total. The molecule has 0 spiro atoms. The minimum atomic E-state index is -1.07. The first kappa shape index (κ1) is 20.0. The van der Waals surface area contributed by atoms with Gasteiger partial charge in [0.2, 0.25) is 5.89 Å². The number of thiazole rings is 1. The van der Waals surface area contributed by atoms with Crippen molar-refractivity contribution in [1.82, 2.24) is 15.0 Å². The van der Waals surface area contributed by atoms with Crippen LogP contribution in [0.4, 0.5) is 4.39 Å². The van der Waals surface area contributed by atoms with Gasteiger partial charge >= 0.3 is 0 Å². The van der Waals surface area contributed by atoms with E-state index in [1.807, 2.05) is 0 Å². The molecule has 148 valence electrons. The van der Waals surface area contributed by atoms with Gasteiger partial charge in [0.25, 0.3) is 0 Å². The fraction of sp³-hybridized carbons (Fsp3) is 0.150. The molecule has 0 fully saturated rings. The number of oxazole rings is 1. The highest BCUT2D eigenvalue weighted by Crippen LogP contribution is 2.40. The molecule has 0 atom stereocenters. The zero-order chi connectivity index (χ0) is 20.6. The third kappa shape index (κ3) is 4.51. The molecule has 0 aliphatic carbocycles. The Hall–Kier alpha value is -2.26. The van der Waals surface area contributed by atoms with Crippen LogP contribution in [0, 0.1) is 5.82 Å². The highest BCUT2D eigenvalue weighted by molar-refractivity contribution is 7.99. The van der Waals surface area contributed by atoms with Crippen LogP contribution in [0.1, 0.15) is 19.5 Å². The standard InChI is InChI=1S/C20H15ClFN3O2S2/c1-20(2,26)14-10-28-18(24-14)16-19(29-15-8-5-12(21)9-23-15)27-17(25-16)11-3-6-13(22)7-4-11/h3-10,26H,1-2H3. The van der Waals surface area contributed by atoms with E-state index in [9.17, 15) is 9.50 Å². The molecule has 0 bridgehead atoms. The van der Waals surface area contributed by atoms with Crippen molar-refractivity contribution in [1.29, 1.82) is 0 Å². The number of pyridine rings is 1. The predicted molar refractivity (Wildman–Crippen MR) is 112 cm³/mol. The van der Waals surface area contributed by atoms with Gasteiger partial charge in [-0.15, -0.1) is 11.3 Å². The van der Waals surface area contributed by atoms with Crippen LogP contribution in [0.3, 0.4) is 0 Å². The maximum Gasteiger partial charge on any atom is 0.228 e. The molecule has 0 unspecified atom stereocenters. The van der Waals surface area contributed by atoms with Gasteiger partial charge in [-0.2, -0.15) is 0 Å². The van der Waals surface area contributed by atoms with Crippen LogP contribution >= 0.6 is 34.7 Å². The third-order valence-electron chi connectivity index (χ3n) is 3.92. The van der Waals surface area contributed by atoms with Crippen molar-refractivity contribution in [3.8, 4) is 22.2 Å². The van der Waals surface area contributed by atoms with Gasteiger partial charge in [-0.1, -0.05) is 11.6 Å². The van der Waals surface area contributed by atoms with Gasteiger partial charge in [0, 0.05) is 17.1 Å². The molecule has 4 rings (SSSR count). The van der Waals surface area contributed by atoms with Crippen molar-refractivity contribution in [2.24, 2.45) is 0 Å². The first-order valence-corrected chi connectivity index (χ1v) is 10.6. The molecule has 29 heavy (non-hydrogen) atoms. The Morgan fingerprint density at radius 3 is 2.52 bits per heavy atom. The smallest absolute Gasteiger partial charge is 0.228 e. The van der Waals surface area contributed by atoms with Crippen molar-refractivity contribution in [3.05, 3.63) is 64.5 Å². The van der Waals surface area contributed by atoms with Crippen LogP contribution in [0.5, 0.6) is 0 Å². The summed E-state index contributed by atoms with van der Waals surface area (Å²) < 4.78 is 19.3. The number of nitrogens with zero attached hydrogens (tertiary/aromatic N) is 3. The molecule has 3 heterocycles.